The second-order valence-electron chi connectivity index (χ2n) is 3.09. The van der Waals surface area contributed by atoms with E-state index in [9.17, 15) is 4.79 Å². The van der Waals surface area contributed by atoms with Crippen molar-refractivity contribution >= 4 is 5.78 Å². The Balaban J connectivity index is 2.52. The number of hydrogen-bond acceptors (Lipinski definition) is 2. The second-order valence-corrected chi connectivity index (χ2v) is 3.09. The van der Waals surface area contributed by atoms with Crippen LogP contribution < -0.4 is 0 Å². The minimum Gasteiger partial charge on any atom is -0.461 e. The van der Waals surface area contributed by atoms with Gasteiger partial charge in [-0.15, -0.1) is 0 Å². The van der Waals surface area contributed by atoms with Gasteiger partial charge in [0.15, 0.2) is 11.5 Å². The first-order valence-corrected chi connectivity index (χ1v) is 4.43. The van der Waals surface area contributed by atoms with E-state index in [0.717, 1.165) is 11.1 Å². The molecule has 0 aliphatic carbocycles. The summed E-state index contributed by atoms with van der Waals surface area (Å²) >= 11 is 0. The smallest absolute Gasteiger partial charge is 0.195 e. The van der Waals surface area contributed by atoms with Gasteiger partial charge >= 0.3 is 0 Å². The Hall–Kier alpha value is -1.83. The van der Waals surface area contributed by atoms with E-state index in [1.165, 1.54) is 6.92 Å². The summed E-state index contributed by atoms with van der Waals surface area (Å²) in [5, 5.41) is 0. The Morgan fingerprint density at radius 2 is 1.86 bits per heavy atom. The third-order valence-electron chi connectivity index (χ3n) is 2.07. The Morgan fingerprint density at radius 3 is 2.50 bits per heavy atom. The molecule has 1 heterocycles. The molecular formula is C12H10O2. The van der Waals surface area contributed by atoms with Gasteiger partial charge in [0.25, 0.3) is 0 Å². The highest BCUT2D eigenvalue weighted by Gasteiger charge is 2.11. The van der Waals surface area contributed by atoms with Crippen LogP contribution in [0.15, 0.2) is 47.1 Å². The highest BCUT2D eigenvalue weighted by molar-refractivity contribution is 5.98. The van der Waals surface area contributed by atoms with Crippen LogP contribution in [0.3, 0.4) is 0 Å². The third-order valence-corrected chi connectivity index (χ3v) is 2.07. The summed E-state index contributed by atoms with van der Waals surface area (Å²) < 4.78 is 5.13. The van der Waals surface area contributed by atoms with E-state index in [2.05, 4.69) is 0 Å². The van der Waals surface area contributed by atoms with Gasteiger partial charge < -0.3 is 4.42 Å². The fourth-order valence-corrected chi connectivity index (χ4v) is 1.43. The van der Waals surface area contributed by atoms with Crippen molar-refractivity contribution in [3.63, 3.8) is 0 Å². The van der Waals surface area contributed by atoms with Gasteiger partial charge in [-0.1, -0.05) is 30.3 Å². The minimum absolute atomic E-state index is 0.0474. The summed E-state index contributed by atoms with van der Waals surface area (Å²) in [4.78, 5) is 11.2. The topological polar surface area (TPSA) is 30.2 Å². The average Bonchev–Trinajstić information content (AvgIpc) is 2.67. The maximum absolute atomic E-state index is 11.2. The van der Waals surface area contributed by atoms with Crippen LogP contribution in [0.5, 0.6) is 0 Å². The molecule has 0 saturated carbocycles. The summed E-state index contributed by atoms with van der Waals surface area (Å²) in [6, 6.07) is 11.5. The SMILES string of the molecule is CC(=O)c1occc1-c1ccccc1. The number of carbonyl (C=O) groups is 1. The normalized spacial score (nSPS) is 10.1. The number of furan rings is 1. The number of Topliss-reactive ketones (excluding diaryl/α,β-unsaturated/α-hetero) is 1. The highest BCUT2D eigenvalue weighted by atomic mass is 16.3. The van der Waals surface area contributed by atoms with Crippen LogP contribution >= 0.6 is 0 Å². The van der Waals surface area contributed by atoms with Crippen molar-refractivity contribution in [2.75, 3.05) is 0 Å². The molecule has 0 saturated heterocycles. The molecule has 0 aliphatic rings. The van der Waals surface area contributed by atoms with Crippen molar-refractivity contribution in [3.05, 3.63) is 48.4 Å². The Kier molecular flexibility index (Phi) is 2.19. The van der Waals surface area contributed by atoms with E-state index >= 15 is 0 Å². The van der Waals surface area contributed by atoms with Crippen molar-refractivity contribution in [2.45, 2.75) is 6.92 Å². The molecule has 0 unspecified atom stereocenters. The Bertz CT molecular complexity index is 440. The number of hydrogen-bond donors (Lipinski definition) is 0. The van der Waals surface area contributed by atoms with E-state index in [1.54, 1.807) is 6.26 Å². The van der Waals surface area contributed by atoms with Gasteiger partial charge in [-0.05, 0) is 11.6 Å². The number of rotatable bonds is 2. The molecule has 0 aliphatic heterocycles. The predicted molar refractivity (Wildman–Crippen MR) is 54.1 cm³/mol. The molecule has 0 N–H and O–H groups in total. The molecule has 0 bridgehead atoms. The van der Waals surface area contributed by atoms with Gasteiger partial charge in [0.05, 0.1) is 6.26 Å². The quantitative estimate of drug-likeness (QED) is 0.674. The van der Waals surface area contributed by atoms with Crippen LogP contribution in [-0.2, 0) is 0 Å². The van der Waals surface area contributed by atoms with Crippen molar-refractivity contribution in [1.29, 1.82) is 0 Å². The summed E-state index contributed by atoms with van der Waals surface area (Å²) in [7, 11) is 0. The van der Waals surface area contributed by atoms with Gasteiger partial charge in [-0.25, -0.2) is 0 Å². The van der Waals surface area contributed by atoms with E-state index in [1.807, 2.05) is 36.4 Å². The zero-order chi connectivity index (χ0) is 9.97. The highest BCUT2D eigenvalue weighted by Crippen LogP contribution is 2.24. The fraction of sp³-hybridized carbons (Fsp3) is 0.0833. The maximum Gasteiger partial charge on any atom is 0.195 e. The summed E-state index contributed by atoms with van der Waals surface area (Å²) in [5.41, 5.74) is 1.87. The standard InChI is InChI=1S/C12H10O2/c1-9(13)12-11(7-8-14-12)10-5-3-2-4-6-10/h2-8H,1H3. The van der Waals surface area contributed by atoms with Gasteiger partial charge in [0, 0.05) is 12.5 Å². The van der Waals surface area contributed by atoms with Crippen LogP contribution in [0.4, 0.5) is 0 Å². The van der Waals surface area contributed by atoms with Crippen LogP contribution in [-0.4, -0.2) is 5.78 Å². The van der Waals surface area contributed by atoms with E-state index < -0.39 is 0 Å². The second kappa shape index (κ2) is 3.50. The lowest BCUT2D eigenvalue weighted by Crippen LogP contribution is -1.91. The lowest BCUT2D eigenvalue weighted by molar-refractivity contribution is 0.0988. The molecule has 0 fully saturated rings. The molecule has 2 heteroatoms. The molecule has 1 aromatic carbocycles. The van der Waals surface area contributed by atoms with E-state index in [-0.39, 0.29) is 5.78 Å². The molecule has 70 valence electrons. The van der Waals surface area contributed by atoms with Gasteiger partial charge in [0.1, 0.15) is 0 Å². The molecule has 14 heavy (non-hydrogen) atoms. The first-order valence-electron chi connectivity index (χ1n) is 4.43. The molecule has 0 atom stereocenters. The molecule has 0 spiro atoms. The number of benzene rings is 1. The van der Waals surface area contributed by atoms with Crippen LogP contribution in [0.1, 0.15) is 17.5 Å². The molecule has 1 aromatic heterocycles. The number of carbonyl (C=O) groups excluding carboxylic acids is 1. The molecule has 2 aromatic rings. The van der Waals surface area contributed by atoms with Gasteiger partial charge in [0.2, 0.25) is 0 Å². The Labute approximate surface area is 82.2 Å². The number of ketones is 1. The van der Waals surface area contributed by atoms with E-state index in [0.29, 0.717) is 5.76 Å². The lowest BCUT2D eigenvalue weighted by Gasteiger charge is -1.98. The summed E-state index contributed by atoms with van der Waals surface area (Å²) in [6.07, 6.45) is 1.54. The molecule has 2 nitrogen and oxygen atoms in total. The van der Waals surface area contributed by atoms with Crippen molar-refractivity contribution in [1.82, 2.24) is 0 Å². The summed E-state index contributed by atoms with van der Waals surface area (Å²) in [5.74, 6) is 0.380. The first kappa shape index (κ1) is 8.75. The monoisotopic (exact) mass is 186 g/mol. The lowest BCUT2D eigenvalue weighted by atomic mass is 10.1. The maximum atomic E-state index is 11.2. The molecule has 0 amide bonds. The van der Waals surface area contributed by atoms with Crippen LogP contribution in [0, 0.1) is 0 Å². The first-order chi connectivity index (χ1) is 6.79. The zero-order valence-corrected chi connectivity index (χ0v) is 7.86. The Morgan fingerprint density at radius 1 is 1.14 bits per heavy atom. The van der Waals surface area contributed by atoms with Crippen molar-refractivity contribution < 1.29 is 9.21 Å². The average molecular weight is 186 g/mol. The molecule has 2 rings (SSSR count). The third kappa shape index (κ3) is 1.46. The van der Waals surface area contributed by atoms with Crippen molar-refractivity contribution in [3.8, 4) is 11.1 Å². The summed E-state index contributed by atoms with van der Waals surface area (Å²) in [6.45, 7) is 1.51. The van der Waals surface area contributed by atoms with Crippen molar-refractivity contribution in [2.24, 2.45) is 0 Å². The van der Waals surface area contributed by atoms with Gasteiger partial charge in [-0.2, -0.15) is 0 Å². The van der Waals surface area contributed by atoms with E-state index in [4.69, 9.17) is 4.42 Å². The zero-order valence-electron chi connectivity index (χ0n) is 7.86. The largest absolute Gasteiger partial charge is 0.461 e. The molecular weight excluding hydrogens is 176 g/mol. The van der Waals surface area contributed by atoms with Crippen LogP contribution in [0.25, 0.3) is 11.1 Å². The predicted octanol–water partition coefficient (Wildman–Crippen LogP) is 3.15. The van der Waals surface area contributed by atoms with Gasteiger partial charge in [-0.3, -0.25) is 4.79 Å². The fourth-order valence-electron chi connectivity index (χ4n) is 1.43. The van der Waals surface area contributed by atoms with Crippen LogP contribution in [0.2, 0.25) is 0 Å². The minimum atomic E-state index is -0.0474. The molecule has 0 radical (unpaired) electrons.